The highest BCUT2D eigenvalue weighted by molar-refractivity contribution is 7.98. The summed E-state index contributed by atoms with van der Waals surface area (Å²) < 4.78 is 12.9. The van der Waals surface area contributed by atoms with Crippen LogP contribution >= 0.6 is 23.1 Å². The van der Waals surface area contributed by atoms with E-state index in [1.165, 1.54) is 35.6 Å². The largest absolute Gasteiger partial charge is 0.325 e. The zero-order valence-electron chi connectivity index (χ0n) is 14.9. The monoisotopic (exact) mass is 416 g/mol. The van der Waals surface area contributed by atoms with Gasteiger partial charge in [0.2, 0.25) is 5.91 Å². The molecule has 0 aliphatic rings. The molecule has 3 rings (SSSR count). The molecule has 1 heterocycles. The van der Waals surface area contributed by atoms with Gasteiger partial charge in [-0.25, -0.2) is 14.2 Å². The number of para-hydroxylation sites is 1. The molecule has 6 nitrogen and oxygen atoms in total. The van der Waals surface area contributed by atoms with Crippen LogP contribution in [0.25, 0.3) is 0 Å². The molecule has 1 aromatic heterocycles. The second-order valence-electron chi connectivity index (χ2n) is 5.66. The van der Waals surface area contributed by atoms with Crippen LogP contribution in [-0.4, -0.2) is 23.2 Å². The van der Waals surface area contributed by atoms with Gasteiger partial charge in [-0.2, -0.15) is 0 Å². The highest BCUT2D eigenvalue weighted by Gasteiger charge is 2.11. The van der Waals surface area contributed by atoms with Crippen LogP contribution in [0.15, 0.2) is 58.8 Å². The minimum absolute atomic E-state index is 0.0977. The van der Waals surface area contributed by atoms with Crippen LogP contribution in [0.1, 0.15) is 5.69 Å². The number of carbonyl (C=O) groups is 2. The Kier molecular flexibility index (Phi) is 6.62. The zero-order chi connectivity index (χ0) is 19.9. The average molecular weight is 417 g/mol. The van der Waals surface area contributed by atoms with Gasteiger partial charge < -0.3 is 10.6 Å². The van der Waals surface area contributed by atoms with Crippen molar-refractivity contribution in [1.82, 2.24) is 4.98 Å². The topological polar surface area (TPSA) is 83.1 Å². The Labute approximate surface area is 169 Å². The number of aromatic nitrogens is 1. The van der Waals surface area contributed by atoms with Crippen molar-refractivity contribution in [1.29, 1.82) is 0 Å². The molecule has 0 radical (unpaired) electrons. The summed E-state index contributed by atoms with van der Waals surface area (Å²) in [5.41, 5.74) is 1.77. The minimum atomic E-state index is -0.495. The van der Waals surface area contributed by atoms with Crippen molar-refractivity contribution in [2.45, 2.75) is 11.3 Å². The van der Waals surface area contributed by atoms with Crippen LogP contribution < -0.4 is 16.0 Å². The highest BCUT2D eigenvalue weighted by atomic mass is 32.2. The summed E-state index contributed by atoms with van der Waals surface area (Å²) in [5, 5.41) is 10.1. The number of halogens is 1. The van der Waals surface area contributed by atoms with E-state index in [9.17, 15) is 14.0 Å². The maximum Gasteiger partial charge on any atom is 0.325 e. The molecular weight excluding hydrogens is 399 g/mol. The molecule has 0 saturated heterocycles. The Bertz CT molecular complexity index is 976. The van der Waals surface area contributed by atoms with Crippen molar-refractivity contribution in [3.8, 4) is 0 Å². The summed E-state index contributed by atoms with van der Waals surface area (Å²) in [4.78, 5) is 29.5. The lowest BCUT2D eigenvalue weighted by atomic mass is 10.3. The molecule has 0 atom stereocenters. The first-order chi connectivity index (χ1) is 13.5. The van der Waals surface area contributed by atoms with Gasteiger partial charge in [-0.05, 0) is 42.7 Å². The number of thiazole rings is 1. The van der Waals surface area contributed by atoms with Crippen LogP contribution in [0, 0.1) is 5.82 Å². The maximum absolute atomic E-state index is 12.9. The molecule has 3 aromatic rings. The fourth-order valence-electron chi connectivity index (χ4n) is 2.35. The summed E-state index contributed by atoms with van der Waals surface area (Å²) in [6, 6.07) is 12.5. The molecule has 0 unspecified atom stereocenters. The Balaban J connectivity index is 1.54. The number of hydrogen-bond donors (Lipinski definition) is 3. The Hall–Kier alpha value is -2.91. The van der Waals surface area contributed by atoms with Crippen LogP contribution in [0.5, 0.6) is 0 Å². The van der Waals surface area contributed by atoms with Gasteiger partial charge in [-0.1, -0.05) is 12.1 Å². The quantitative estimate of drug-likeness (QED) is 0.503. The molecule has 0 saturated carbocycles. The fraction of sp³-hybridized carbons (Fsp3) is 0.105. The van der Waals surface area contributed by atoms with E-state index in [0.29, 0.717) is 16.5 Å². The van der Waals surface area contributed by atoms with E-state index < -0.39 is 6.03 Å². The lowest BCUT2D eigenvalue weighted by Gasteiger charge is -2.08. The molecule has 0 aliphatic heterocycles. The number of nitrogens with one attached hydrogen (secondary N) is 3. The van der Waals surface area contributed by atoms with Gasteiger partial charge in [0.15, 0.2) is 5.13 Å². The van der Waals surface area contributed by atoms with Gasteiger partial charge in [0.1, 0.15) is 5.82 Å². The third-order valence-electron chi connectivity index (χ3n) is 3.60. The molecule has 0 spiro atoms. The van der Waals surface area contributed by atoms with E-state index in [0.717, 1.165) is 10.6 Å². The Morgan fingerprint density at radius 3 is 2.57 bits per heavy atom. The van der Waals surface area contributed by atoms with E-state index in [1.807, 2.05) is 30.5 Å². The van der Waals surface area contributed by atoms with Crippen molar-refractivity contribution in [2.24, 2.45) is 0 Å². The predicted octanol–water partition coefficient (Wildman–Crippen LogP) is 4.83. The number of nitrogens with zero attached hydrogens (tertiary/aromatic N) is 1. The van der Waals surface area contributed by atoms with E-state index in [-0.39, 0.29) is 18.1 Å². The second kappa shape index (κ2) is 9.34. The molecular formula is C19H17FN4O2S2. The van der Waals surface area contributed by atoms with Crippen molar-refractivity contribution in [3.63, 3.8) is 0 Å². The third-order valence-corrected chi connectivity index (χ3v) is 5.20. The van der Waals surface area contributed by atoms with Crippen molar-refractivity contribution >= 4 is 51.5 Å². The van der Waals surface area contributed by atoms with Crippen LogP contribution in [0.2, 0.25) is 0 Å². The molecule has 0 fully saturated rings. The Morgan fingerprint density at radius 2 is 1.82 bits per heavy atom. The number of hydrogen-bond acceptors (Lipinski definition) is 5. The number of thioether (sulfide) groups is 1. The summed E-state index contributed by atoms with van der Waals surface area (Å²) >= 11 is 2.77. The summed E-state index contributed by atoms with van der Waals surface area (Å²) in [6.45, 7) is 0. The minimum Gasteiger partial charge on any atom is -0.325 e. The lowest BCUT2D eigenvalue weighted by molar-refractivity contribution is -0.115. The number of carbonyl (C=O) groups excluding carboxylic acids is 2. The number of amides is 3. The van der Waals surface area contributed by atoms with Gasteiger partial charge in [-0.15, -0.1) is 23.1 Å². The summed E-state index contributed by atoms with van der Waals surface area (Å²) in [5.74, 6) is -0.567. The second-order valence-corrected chi connectivity index (χ2v) is 7.36. The van der Waals surface area contributed by atoms with Gasteiger partial charge in [0.05, 0.1) is 17.8 Å². The first-order valence-corrected chi connectivity index (χ1v) is 10.3. The Morgan fingerprint density at radius 1 is 1.07 bits per heavy atom. The van der Waals surface area contributed by atoms with Gasteiger partial charge >= 0.3 is 6.03 Å². The number of rotatable bonds is 6. The third kappa shape index (κ3) is 5.54. The molecule has 0 aliphatic carbocycles. The van der Waals surface area contributed by atoms with Crippen LogP contribution in [0.4, 0.5) is 25.7 Å². The van der Waals surface area contributed by atoms with Crippen LogP contribution in [0.3, 0.4) is 0 Å². The summed E-state index contributed by atoms with van der Waals surface area (Å²) in [6.07, 6.45) is 2.04. The molecule has 144 valence electrons. The average Bonchev–Trinajstić information content (AvgIpc) is 3.10. The SMILES string of the molecule is CSc1ccccc1NC(=O)Cc1csc(NC(=O)Nc2ccc(F)cc2)n1. The van der Waals surface area contributed by atoms with Crippen molar-refractivity contribution in [2.75, 3.05) is 22.2 Å². The zero-order valence-corrected chi connectivity index (χ0v) is 16.5. The molecule has 3 amide bonds. The number of urea groups is 1. The molecule has 9 heteroatoms. The fourth-order valence-corrected chi connectivity index (χ4v) is 3.60. The van der Waals surface area contributed by atoms with E-state index in [1.54, 1.807) is 17.1 Å². The molecule has 28 heavy (non-hydrogen) atoms. The molecule has 0 bridgehead atoms. The van der Waals surface area contributed by atoms with E-state index in [4.69, 9.17) is 0 Å². The van der Waals surface area contributed by atoms with Crippen LogP contribution in [-0.2, 0) is 11.2 Å². The highest BCUT2D eigenvalue weighted by Crippen LogP contribution is 2.25. The number of anilines is 3. The van der Waals surface area contributed by atoms with Gasteiger partial charge in [0.25, 0.3) is 0 Å². The van der Waals surface area contributed by atoms with Gasteiger partial charge in [0, 0.05) is 16.0 Å². The van der Waals surface area contributed by atoms with Gasteiger partial charge in [-0.3, -0.25) is 10.1 Å². The first kappa shape index (κ1) is 19.8. The molecule has 3 N–H and O–H groups in total. The predicted molar refractivity (Wildman–Crippen MR) is 112 cm³/mol. The lowest BCUT2D eigenvalue weighted by Crippen LogP contribution is -2.19. The van der Waals surface area contributed by atoms with E-state index in [2.05, 4.69) is 20.9 Å². The van der Waals surface area contributed by atoms with E-state index >= 15 is 0 Å². The normalized spacial score (nSPS) is 10.4. The molecule has 2 aromatic carbocycles. The standard InChI is InChI=1S/C19H17FN4O2S2/c1-27-16-5-3-2-4-15(16)23-17(25)10-14-11-28-19(22-14)24-18(26)21-13-8-6-12(20)7-9-13/h2-9,11H,10H2,1H3,(H,23,25)(H2,21,22,24,26). The smallest absolute Gasteiger partial charge is 0.325 e. The van der Waals surface area contributed by atoms with Crippen molar-refractivity contribution < 1.29 is 14.0 Å². The first-order valence-electron chi connectivity index (χ1n) is 8.24. The summed E-state index contributed by atoms with van der Waals surface area (Å²) in [7, 11) is 0. The van der Waals surface area contributed by atoms with Crippen molar-refractivity contribution in [3.05, 3.63) is 65.4 Å². The number of benzene rings is 2. The maximum atomic E-state index is 12.9.